The molecule has 0 radical (unpaired) electrons. The van der Waals surface area contributed by atoms with E-state index in [1.54, 1.807) is 6.92 Å². The average molecular weight is 333 g/mol. The number of carbonyl (C=O) groups is 1. The summed E-state index contributed by atoms with van der Waals surface area (Å²) in [5, 5.41) is 4.14. The third-order valence-electron chi connectivity index (χ3n) is 3.40. The normalized spacial score (nSPS) is 18.4. The molecule has 1 aliphatic heterocycles. The van der Waals surface area contributed by atoms with Crippen LogP contribution < -0.4 is 11.4 Å². The van der Waals surface area contributed by atoms with Gasteiger partial charge in [0, 0.05) is 19.8 Å². The minimum atomic E-state index is -0.717. The van der Waals surface area contributed by atoms with Crippen LogP contribution in [0.5, 0.6) is 0 Å². The lowest BCUT2D eigenvalue weighted by molar-refractivity contribution is -0.120. The van der Waals surface area contributed by atoms with Gasteiger partial charge in [-0.1, -0.05) is 0 Å². The Morgan fingerprint density at radius 3 is 2.79 bits per heavy atom. The molecule has 1 atom stereocenters. The summed E-state index contributed by atoms with van der Waals surface area (Å²) in [7, 11) is 0. The van der Waals surface area contributed by atoms with Crippen molar-refractivity contribution in [3.8, 4) is 0 Å². The van der Waals surface area contributed by atoms with E-state index in [2.05, 4.69) is 21.0 Å². The smallest absolute Gasteiger partial charge is 0.347 e. The number of hydrogen-bond acceptors (Lipinski definition) is 4. The third kappa shape index (κ3) is 3.06. The molecule has 1 aromatic heterocycles. The van der Waals surface area contributed by atoms with Crippen LogP contribution in [-0.4, -0.2) is 33.5 Å². The third-order valence-corrected chi connectivity index (χ3v) is 3.94. The number of hydrogen-bond donors (Lipinski definition) is 1. The van der Waals surface area contributed by atoms with Gasteiger partial charge in [0.25, 0.3) is 0 Å². The monoisotopic (exact) mass is 332 g/mol. The Morgan fingerprint density at radius 2 is 2.21 bits per heavy atom. The van der Waals surface area contributed by atoms with Gasteiger partial charge in [-0.15, -0.1) is 5.10 Å². The Kier molecular flexibility index (Phi) is 4.41. The summed E-state index contributed by atoms with van der Waals surface area (Å²) in [5.41, 5.74) is 4.91. The standard InChI is InChI=1S/C11H17BrN4O3/c1-7(9(13)17)16-10(12)14-15(11(16)18)6-8-2-4-19-5-3-8/h7-8H,2-6H2,1H3,(H2,13,17). The molecule has 19 heavy (non-hydrogen) atoms. The molecule has 0 aromatic carbocycles. The van der Waals surface area contributed by atoms with Crippen LogP contribution in [0, 0.1) is 5.92 Å². The molecule has 8 heteroatoms. The topological polar surface area (TPSA) is 92.1 Å². The van der Waals surface area contributed by atoms with Crippen molar-refractivity contribution in [1.29, 1.82) is 0 Å². The van der Waals surface area contributed by atoms with Crippen LogP contribution in [-0.2, 0) is 16.1 Å². The van der Waals surface area contributed by atoms with E-state index in [4.69, 9.17) is 10.5 Å². The van der Waals surface area contributed by atoms with Gasteiger partial charge >= 0.3 is 5.69 Å². The molecule has 1 aliphatic rings. The first-order valence-electron chi connectivity index (χ1n) is 6.22. The molecule has 1 aromatic rings. The van der Waals surface area contributed by atoms with E-state index in [1.165, 1.54) is 9.25 Å². The summed E-state index contributed by atoms with van der Waals surface area (Å²) in [6.45, 7) is 3.56. The highest BCUT2D eigenvalue weighted by Crippen LogP contribution is 2.17. The predicted octanol–water partition coefficient (Wildman–Crippen LogP) is 0.280. The van der Waals surface area contributed by atoms with Crippen molar-refractivity contribution in [2.45, 2.75) is 32.4 Å². The van der Waals surface area contributed by atoms with Gasteiger partial charge in [0.2, 0.25) is 10.6 Å². The summed E-state index contributed by atoms with van der Waals surface area (Å²) < 4.78 is 8.27. The van der Waals surface area contributed by atoms with Gasteiger partial charge in [0.1, 0.15) is 6.04 Å². The first-order chi connectivity index (χ1) is 9.00. The number of primary amides is 1. The number of aromatic nitrogens is 3. The van der Waals surface area contributed by atoms with Gasteiger partial charge in [-0.3, -0.25) is 9.36 Å². The van der Waals surface area contributed by atoms with Crippen molar-refractivity contribution in [1.82, 2.24) is 14.3 Å². The lowest BCUT2D eigenvalue weighted by Crippen LogP contribution is -2.34. The van der Waals surface area contributed by atoms with Crippen LogP contribution in [0.1, 0.15) is 25.8 Å². The maximum atomic E-state index is 12.2. The molecule has 0 bridgehead atoms. The van der Waals surface area contributed by atoms with Crippen LogP contribution in [0.4, 0.5) is 0 Å². The molecule has 0 spiro atoms. The zero-order chi connectivity index (χ0) is 14.0. The molecule has 1 amide bonds. The highest BCUT2D eigenvalue weighted by Gasteiger charge is 2.22. The summed E-state index contributed by atoms with van der Waals surface area (Å²) in [5.74, 6) is -0.181. The average Bonchev–Trinajstić information content (AvgIpc) is 2.65. The quantitative estimate of drug-likeness (QED) is 0.857. The molecular formula is C11H17BrN4O3. The van der Waals surface area contributed by atoms with E-state index in [9.17, 15) is 9.59 Å². The molecule has 0 saturated carbocycles. The van der Waals surface area contributed by atoms with Gasteiger partial charge in [-0.25, -0.2) is 9.48 Å². The molecule has 2 rings (SSSR count). The summed E-state index contributed by atoms with van der Waals surface area (Å²) in [4.78, 5) is 23.4. The van der Waals surface area contributed by atoms with E-state index in [1.807, 2.05) is 0 Å². The zero-order valence-electron chi connectivity index (χ0n) is 10.7. The molecule has 1 fully saturated rings. The number of nitrogens with zero attached hydrogens (tertiary/aromatic N) is 3. The number of rotatable bonds is 4. The number of ether oxygens (including phenoxy) is 1. The molecule has 106 valence electrons. The minimum Gasteiger partial charge on any atom is -0.381 e. The predicted molar refractivity (Wildman–Crippen MR) is 71.6 cm³/mol. The maximum Gasteiger partial charge on any atom is 0.347 e. The maximum absolute atomic E-state index is 12.2. The zero-order valence-corrected chi connectivity index (χ0v) is 12.3. The van der Waals surface area contributed by atoms with Gasteiger partial charge in [0.15, 0.2) is 0 Å². The molecular weight excluding hydrogens is 316 g/mol. The Balaban J connectivity index is 2.21. The highest BCUT2D eigenvalue weighted by molar-refractivity contribution is 9.10. The fourth-order valence-corrected chi connectivity index (χ4v) is 2.79. The second kappa shape index (κ2) is 5.87. The molecule has 7 nitrogen and oxygen atoms in total. The molecule has 2 N–H and O–H groups in total. The lowest BCUT2D eigenvalue weighted by atomic mass is 10.0. The summed E-state index contributed by atoms with van der Waals surface area (Å²) in [6.07, 6.45) is 1.84. The number of carbonyl (C=O) groups excluding carboxylic acids is 1. The fraction of sp³-hybridized carbons (Fsp3) is 0.727. The number of amides is 1. The van der Waals surface area contributed by atoms with Crippen LogP contribution in [0.3, 0.4) is 0 Å². The fourth-order valence-electron chi connectivity index (χ4n) is 2.14. The van der Waals surface area contributed by atoms with E-state index >= 15 is 0 Å². The van der Waals surface area contributed by atoms with Gasteiger partial charge in [-0.05, 0) is 41.6 Å². The Labute approximate surface area is 118 Å². The Morgan fingerprint density at radius 1 is 1.58 bits per heavy atom. The van der Waals surface area contributed by atoms with Crippen molar-refractivity contribution in [3.63, 3.8) is 0 Å². The second-order valence-corrected chi connectivity index (χ2v) is 5.45. The Hall–Kier alpha value is -1.15. The highest BCUT2D eigenvalue weighted by atomic mass is 79.9. The molecule has 0 aliphatic carbocycles. The molecule has 2 heterocycles. The van der Waals surface area contributed by atoms with E-state index in [-0.39, 0.29) is 5.69 Å². The summed E-state index contributed by atoms with van der Waals surface area (Å²) in [6, 6.07) is -0.717. The molecule has 1 saturated heterocycles. The van der Waals surface area contributed by atoms with Crippen LogP contribution in [0.25, 0.3) is 0 Å². The number of halogens is 1. The molecule has 1 unspecified atom stereocenters. The largest absolute Gasteiger partial charge is 0.381 e. The van der Waals surface area contributed by atoms with E-state index in [0.29, 0.717) is 17.2 Å². The second-order valence-electron chi connectivity index (χ2n) is 4.74. The van der Waals surface area contributed by atoms with Crippen molar-refractivity contribution < 1.29 is 9.53 Å². The van der Waals surface area contributed by atoms with E-state index in [0.717, 1.165) is 26.1 Å². The van der Waals surface area contributed by atoms with Crippen LogP contribution >= 0.6 is 15.9 Å². The van der Waals surface area contributed by atoms with Gasteiger partial charge in [-0.2, -0.15) is 0 Å². The first kappa shape index (κ1) is 14.3. The lowest BCUT2D eigenvalue weighted by Gasteiger charge is -2.21. The minimum absolute atomic E-state index is 0.315. The summed E-state index contributed by atoms with van der Waals surface area (Å²) >= 11 is 3.20. The van der Waals surface area contributed by atoms with Gasteiger partial charge in [0.05, 0.1) is 0 Å². The first-order valence-corrected chi connectivity index (χ1v) is 7.02. The van der Waals surface area contributed by atoms with Crippen molar-refractivity contribution >= 4 is 21.8 Å². The van der Waals surface area contributed by atoms with E-state index < -0.39 is 11.9 Å². The number of nitrogens with two attached hydrogens (primary N) is 1. The van der Waals surface area contributed by atoms with Crippen molar-refractivity contribution in [2.24, 2.45) is 11.7 Å². The SMILES string of the molecule is CC(C(N)=O)n1c(Br)nn(CC2CCOCC2)c1=O. The Bertz CT molecular complexity index is 519. The van der Waals surface area contributed by atoms with Crippen LogP contribution in [0.15, 0.2) is 9.53 Å². The van der Waals surface area contributed by atoms with Gasteiger partial charge < -0.3 is 10.5 Å². The van der Waals surface area contributed by atoms with Crippen LogP contribution in [0.2, 0.25) is 0 Å². The van der Waals surface area contributed by atoms with Crippen molar-refractivity contribution in [2.75, 3.05) is 13.2 Å². The van der Waals surface area contributed by atoms with Crippen molar-refractivity contribution in [3.05, 3.63) is 15.2 Å².